The molecule has 0 amide bonds. The van der Waals surface area contributed by atoms with Gasteiger partial charge in [0.2, 0.25) is 0 Å². The number of aromatic carboxylic acids is 1. The summed E-state index contributed by atoms with van der Waals surface area (Å²) >= 11 is 0. The van der Waals surface area contributed by atoms with Crippen molar-refractivity contribution in [2.75, 3.05) is 25.1 Å². The highest BCUT2D eigenvalue weighted by molar-refractivity contribution is 6.03. The van der Waals surface area contributed by atoms with E-state index in [1.807, 2.05) is 0 Å². The summed E-state index contributed by atoms with van der Waals surface area (Å²) in [5, 5.41) is 16.6. The number of nitrogens with zero attached hydrogens (tertiary/aromatic N) is 3. The predicted octanol–water partition coefficient (Wildman–Crippen LogP) is 1.36. The van der Waals surface area contributed by atoms with Gasteiger partial charge in [-0.25, -0.2) is 18.6 Å². The molecule has 21 heavy (non-hydrogen) atoms. The van der Waals surface area contributed by atoms with Gasteiger partial charge in [-0.2, -0.15) is 5.10 Å². The maximum atomic E-state index is 11.9. The quantitative estimate of drug-likeness (QED) is 0.751. The van der Waals surface area contributed by atoms with E-state index in [-0.39, 0.29) is 18.7 Å². The molecule has 2 aromatic heterocycles. The largest absolute Gasteiger partial charge is 0.478 e. The molecule has 2 heterocycles. The molecular formula is C12H14F2N4O3. The van der Waals surface area contributed by atoms with Crippen LogP contribution in [0.4, 0.5) is 14.5 Å². The molecule has 0 fully saturated rings. The van der Waals surface area contributed by atoms with E-state index in [1.165, 1.54) is 17.1 Å². The van der Waals surface area contributed by atoms with Gasteiger partial charge in [-0.05, 0) is 0 Å². The minimum atomic E-state index is -2.52. The van der Waals surface area contributed by atoms with Crippen molar-refractivity contribution in [1.29, 1.82) is 0 Å². The van der Waals surface area contributed by atoms with E-state index < -0.39 is 19.0 Å². The van der Waals surface area contributed by atoms with Crippen LogP contribution in [0.25, 0.3) is 11.0 Å². The summed E-state index contributed by atoms with van der Waals surface area (Å²) in [6.07, 6.45) is 0.205. The summed E-state index contributed by atoms with van der Waals surface area (Å²) in [5.74, 6) is -1.13. The Kier molecular flexibility index (Phi) is 4.63. The van der Waals surface area contributed by atoms with E-state index in [9.17, 15) is 13.6 Å². The number of aryl methyl sites for hydroxylation is 1. The first-order chi connectivity index (χ1) is 10.0. The number of pyridine rings is 1. The smallest absolute Gasteiger partial charge is 0.339 e. The second-order valence-electron chi connectivity index (χ2n) is 4.25. The van der Waals surface area contributed by atoms with Crippen LogP contribution in [0.1, 0.15) is 10.4 Å². The number of ether oxygens (including phenoxy) is 1. The third-order valence-electron chi connectivity index (χ3n) is 2.78. The van der Waals surface area contributed by atoms with Crippen molar-refractivity contribution < 1.29 is 23.4 Å². The topological polar surface area (TPSA) is 89.3 Å². The lowest BCUT2D eigenvalue weighted by molar-refractivity contribution is 0.0215. The standard InChI is InChI=1S/C12H14F2N4O3/c1-18-11-7(5-17-18)10(8(4-16-11)12(19)20)15-2-3-21-6-9(13)14/h4-5,9H,2-3,6H2,1H3,(H,15,16)(H,19,20). The van der Waals surface area contributed by atoms with E-state index in [4.69, 9.17) is 9.84 Å². The molecule has 0 aromatic carbocycles. The maximum absolute atomic E-state index is 11.9. The van der Waals surface area contributed by atoms with E-state index in [1.54, 1.807) is 7.05 Å². The van der Waals surface area contributed by atoms with Crippen LogP contribution in [-0.2, 0) is 11.8 Å². The molecule has 2 aromatic rings. The van der Waals surface area contributed by atoms with Crippen molar-refractivity contribution >= 4 is 22.7 Å². The maximum Gasteiger partial charge on any atom is 0.339 e. The molecule has 0 aliphatic carbocycles. The SMILES string of the molecule is Cn1ncc2c(NCCOCC(F)F)c(C(=O)O)cnc21. The molecule has 0 spiro atoms. The van der Waals surface area contributed by atoms with Gasteiger partial charge in [-0.3, -0.25) is 4.68 Å². The number of carboxylic acids is 1. The van der Waals surface area contributed by atoms with Crippen molar-refractivity contribution in [3.8, 4) is 0 Å². The van der Waals surface area contributed by atoms with Gasteiger partial charge < -0.3 is 15.2 Å². The number of anilines is 1. The zero-order chi connectivity index (χ0) is 15.4. The van der Waals surface area contributed by atoms with Gasteiger partial charge in [0.1, 0.15) is 12.2 Å². The lowest BCUT2D eigenvalue weighted by Gasteiger charge is -2.11. The molecule has 0 aliphatic rings. The van der Waals surface area contributed by atoms with E-state index >= 15 is 0 Å². The number of rotatable bonds is 7. The van der Waals surface area contributed by atoms with Crippen molar-refractivity contribution in [2.45, 2.75) is 6.43 Å². The molecule has 0 aliphatic heterocycles. The first-order valence-corrected chi connectivity index (χ1v) is 6.14. The van der Waals surface area contributed by atoms with Crippen LogP contribution in [0.15, 0.2) is 12.4 Å². The first-order valence-electron chi connectivity index (χ1n) is 6.14. The number of alkyl halides is 2. The molecule has 0 saturated heterocycles. The molecule has 2 N–H and O–H groups in total. The zero-order valence-corrected chi connectivity index (χ0v) is 11.2. The van der Waals surface area contributed by atoms with E-state index in [0.717, 1.165) is 0 Å². The summed E-state index contributed by atoms with van der Waals surface area (Å²) in [7, 11) is 1.69. The highest BCUT2D eigenvalue weighted by atomic mass is 19.3. The van der Waals surface area contributed by atoms with Crippen molar-refractivity contribution in [3.05, 3.63) is 18.0 Å². The first kappa shape index (κ1) is 15.1. The summed E-state index contributed by atoms with van der Waals surface area (Å²) in [5.41, 5.74) is 0.863. The van der Waals surface area contributed by atoms with Gasteiger partial charge in [0.25, 0.3) is 6.43 Å². The Balaban J connectivity index is 2.16. The Labute approximate surface area is 118 Å². The molecule has 0 atom stereocenters. The lowest BCUT2D eigenvalue weighted by Crippen LogP contribution is -2.15. The third kappa shape index (κ3) is 3.43. The molecule has 0 saturated carbocycles. The van der Waals surface area contributed by atoms with Crippen molar-refractivity contribution in [2.24, 2.45) is 7.05 Å². The van der Waals surface area contributed by atoms with Gasteiger partial charge in [0.05, 0.1) is 23.9 Å². The van der Waals surface area contributed by atoms with Gasteiger partial charge in [-0.1, -0.05) is 0 Å². The highest BCUT2D eigenvalue weighted by Crippen LogP contribution is 2.25. The summed E-state index contributed by atoms with van der Waals surface area (Å²) in [6.45, 7) is -0.416. The van der Waals surface area contributed by atoms with Gasteiger partial charge >= 0.3 is 5.97 Å². The molecule has 0 bridgehead atoms. The summed E-state index contributed by atoms with van der Waals surface area (Å²) < 4.78 is 30.1. The molecule has 0 unspecified atom stereocenters. The lowest BCUT2D eigenvalue weighted by atomic mass is 10.2. The van der Waals surface area contributed by atoms with Gasteiger partial charge in [0.15, 0.2) is 5.65 Å². The molecule has 0 radical (unpaired) electrons. The second kappa shape index (κ2) is 6.44. The monoisotopic (exact) mass is 300 g/mol. The van der Waals surface area contributed by atoms with Crippen molar-refractivity contribution in [3.63, 3.8) is 0 Å². The number of nitrogens with one attached hydrogen (secondary N) is 1. The Morgan fingerprint density at radius 1 is 1.52 bits per heavy atom. The van der Waals surface area contributed by atoms with Crippen LogP contribution in [0.3, 0.4) is 0 Å². The summed E-state index contributed by atoms with van der Waals surface area (Å²) in [6, 6.07) is 0. The fraction of sp³-hybridized carbons (Fsp3) is 0.417. The molecule has 2 rings (SSSR count). The Morgan fingerprint density at radius 3 is 2.95 bits per heavy atom. The second-order valence-corrected chi connectivity index (χ2v) is 4.25. The third-order valence-corrected chi connectivity index (χ3v) is 2.78. The normalized spacial score (nSPS) is 11.2. The predicted molar refractivity (Wildman–Crippen MR) is 70.8 cm³/mol. The number of carboxylic acid groups (broad SMARTS) is 1. The average molecular weight is 300 g/mol. The highest BCUT2D eigenvalue weighted by Gasteiger charge is 2.16. The fourth-order valence-corrected chi connectivity index (χ4v) is 1.87. The van der Waals surface area contributed by atoms with Crippen LogP contribution in [0, 0.1) is 0 Å². The molecule has 114 valence electrons. The average Bonchev–Trinajstić information content (AvgIpc) is 2.80. The number of aromatic nitrogens is 3. The Hall–Kier alpha value is -2.29. The number of halogens is 2. The Morgan fingerprint density at radius 2 is 2.29 bits per heavy atom. The van der Waals surface area contributed by atoms with Gasteiger partial charge in [-0.15, -0.1) is 0 Å². The fourth-order valence-electron chi connectivity index (χ4n) is 1.87. The minimum Gasteiger partial charge on any atom is -0.478 e. The minimum absolute atomic E-state index is 0.00985. The molecule has 9 heteroatoms. The van der Waals surface area contributed by atoms with E-state index in [0.29, 0.717) is 16.7 Å². The van der Waals surface area contributed by atoms with Crippen LogP contribution in [-0.4, -0.2) is 52.0 Å². The summed E-state index contributed by atoms with van der Waals surface area (Å²) in [4.78, 5) is 15.3. The van der Waals surface area contributed by atoms with Crippen molar-refractivity contribution in [1.82, 2.24) is 14.8 Å². The number of carbonyl (C=O) groups is 1. The molecule has 7 nitrogen and oxygen atoms in total. The van der Waals surface area contributed by atoms with Gasteiger partial charge in [0, 0.05) is 19.8 Å². The van der Waals surface area contributed by atoms with Crippen LogP contribution in [0.5, 0.6) is 0 Å². The van der Waals surface area contributed by atoms with Crippen LogP contribution in [0.2, 0.25) is 0 Å². The number of fused-ring (bicyclic) bond motifs is 1. The zero-order valence-electron chi connectivity index (χ0n) is 11.2. The molecular weight excluding hydrogens is 286 g/mol. The van der Waals surface area contributed by atoms with Crippen LogP contribution >= 0.6 is 0 Å². The van der Waals surface area contributed by atoms with E-state index in [2.05, 4.69) is 15.4 Å². The Bertz CT molecular complexity index is 645. The van der Waals surface area contributed by atoms with Crippen LogP contribution < -0.4 is 5.32 Å². The number of hydrogen-bond donors (Lipinski definition) is 2. The number of hydrogen-bond acceptors (Lipinski definition) is 5.